The normalized spacial score (nSPS) is 10.7. The second kappa shape index (κ2) is 2.80. The van der Waals surface area contributed by atoms with E-state index in [0.717, 1.165) is 6.07 Å². The molecule has 5 heteroatoms. The van der Waals surface area contributed by atoms with Gasteiger partial charge in [0.15, 0.2) is 17.3 Å². The van der Waals surface area contributed by atoms with Crippen molar-refractivity contribution in [3.05, 3.63) is 29.4 Å². The Balaban J connectivity index is 2.77. The molecule has 2 rings (SSSR count). The number of nitrogens with zero attached hydrogens (tertiary/aromatic N) is 1. The lowest BCUT2D eigenvalue weighted by Crippen LogP contribution is -1.96. The highest BCUT2D eigenvalue weighted by Gasteiger charge is 2.13. The molecule has 0 radical (unpaired) electrons. The van der Waals surface area contributed by atoms with Crippen LogP contribution in [-0.2, 0) is 0 Å². The van der Waals surface area contributed by atoms with E-state index in [1.807, 2.05) is 0 Å². The summed E-state index contributed by atoms with van der Waals surface area (Å²) in [6.45, 7) is 1.57. The van der Waals surface area contributed by atoms with Crippen LogP contribution in [0.3, 0.4) is 0 Å². The van der Waals surface area contributed by atoms with E-state index in [0.29, 0.717) is 5.89 Å². The van der Waals surface area contributed by atoms with Gasteiger partial charge in [-0.25, -0.2) is 14.2 Å². The molecule has 0 unspecified atom stereocenters. The van der Waals surface area contributed by atoms with E-state index in [4.69, 9.17) is 9.52 Å². The van der Waals surface area contributed by atoms with Gasteiger partial charge in [0.2, 0.25) is 0 Å². The molecule has 0 amide bonds. The number of oxazole rings is 1. The minimum absolute atomic E-state index is 0.0625. The van der Waals surface area contributed by atoms with Crippen LogP contribution in [0.25, 0.3) is 11.1 Å². The summed E-state index contributed by atoms with van der Waals surface area (Å²) < 4.78 is 18.3. The summed E-state index contributed by atoms with van der Waals surface area (Å²) in [5.74, 6) is -1.57. The highest BCUT2D eigenvalue weighted by Crippen LogP contribution is 2.20. The molecule has 0 aliphatic heterocycles. The molecule has 1 heterocycles. The van der Waals surface area contributed by atoms with Crippen molar-refractivity contribution >= 4 is 17.1 Å². The van der Waals surface area contributed by atoms with Gasteiger partial charge in [0, 0.05) is 6.92 Å². The maximum atomic E-state index is 13.2. The van der Waals surface area contributed by atoms with Crippen molar-refractivity contribution < 1.29 is 18.7 Å². The molecular weight excluding hydrogens is 189 g/mol. The Kier molecular flexibility index (Phi) is 1.73. The molecule has 0 aliphatic rings. The van der Waals surface area contributed by atoms with Crippen LogP contribution < -0.4 is 0 Å². The molecule has 0 aliphatic carbocycles. The van der Waals surface area contributed by atoms with Crippen molar-refractivity contribution in [3.63, 3.8) is 0 Å². The third-order valence-electron chi connectivity index (χ3n) is 1.80. The maximum absolute atomic E-state index is 13.2. The van der Waals surface area contributed by atoms with Gasteiger partial charge < -0.3 is 9.52 Å². The van der Waals surface area contributed by atoms with Gasteiger partial charge in [-0.1, -0.05) is 0 Å². The lowest BCUT2D eigenvalue weighted by Gasteiger charge is -1.94. The van der Waals surface area contributed by atoms with E-state index in [1.165, 1.54) is 6.07 Å². The van der Waals surface area contributed by atoms with E-state index in [2.05, 4.69) is 4.98 Å². The Morgan fingerprint density at radius 2 is 2.29 bits per heavy atom. The molecule has 1 N–H and O–H groups in total. The van der Waals surface area contributed by atoms with E-state index in [-0.39, 0.29) is 16.7 Å². The standard InChI is InChI=1S/C9H6FNO3/c1-4-11-8-6(10)2-5(9(12)13)3-7(8)14-4/h2-3H,1H3,(H,12,13). The van der Waals surface area contributed by atoms with Crippen molar-refractivity contribution in [3.8, 4) is 0 Å². The highest BCUT2D eigenvalue weighted by atomic mass is 19.1. The third-order valence-corrected chi connectivity index (χ3v) is 1.80. The zero-order valence-corrected chi connectivity index (χ0v) is 7.24. The molecule has 4 nitrogen and oxygen atoms in total. The molecule has 0 fully saturated rings. The zero-order valence-electron chi connectivity index (χ0n) is 7.24. The van der Waals surface area contributed by atoms with E-state index in [1.54, 1.807) is 6.92 Å². The van der Waals surface area contributed by atoms with Crippen LogP contribution in [0.4, 0.5) is 4.39 Å². The van der Waals surface area contributed by atoms with Crippen molar-refractivity contribution in [1.29, 1.82) is 0 Å². The number of hydrogen-bond acceptors (Lipinski definition) is 3. The molecule has 1 aromatic heterocycles. The van der Waals surface area contributed by atoms with Crippen molar-refractivity contribution in [2.45, 2.75) is 6.92 Å². The van der Waals surface area contributed by atoms with Crippen LogP contribution in [0.5, 0.6) is 0 Å². The van der Waals surface area contributed by atoms with Crippen LogP contribution in [0.15, 0.2) is 16.5 Å². The number of carboxylic acid groups (broad SMARTS) is 1. The molecule has 0 spiro atoms. The van der Waals surface area contributed by atoms with Crippen molar-refractivity contribution in [1.82, 2.24) is 4.98 Å². The summed E-state index contributed by atoms with van der Waals surface area (Å²) in [4.78, 5) is 14.4. The summed E-state index contributed by atoms with van der Waals surface area (Å²) in [5, 5.41) is 8.65. The Morgan fingerprint density at radius 3 is 2.93 bits per heavy atom. The van der Waals surface area contributed by atoms with Crippen LogP contribution in [0, 0.1) is 12.7 Å². The molecule has 14 heavy (non-hydrogen) atoms. The summed E-state index contributed by atoms with van der Waals surface area (Å²) >= 11 is 0. The van der Waals surface area contributed by atoms with E-state index >= 15 is 0 Å². The SMILES string of the molecule is Cc1nc2c(F)cc(C(=O)O)cc2o1. The topological polar surface area (TPSA) is 63.3 Å². The predicted molar refractivity (Wildman–Crippen MR) is 45.7 cm³/mol. The first-order valence-corrected chi connectivity index (χ1v) is 3.88. The summed E-state index contributed by atoms with van der Waals surface area (Å²) in [6.07, 6.45) is 0. The maximum Gasteiger partial charge on any atom is 0.335 e. The summed E-state index contributed by atoms with van der Waals surface area (Å²) in [7, 11) is 0. The number of aromatic nitrogens is 1. The third kappa shape index (κ3) is 1.22. The van der Waals surface area contributed by atoms with Gasteiger partial charge in [-0.15, -0.1) is 0 Å². The largest absolute Gasteiger partial charge is 0.478 e. The first-order valence-electron chi connectivity index (χ1n) is 3.88. The Hall–Kier alpha value is -1.91. The number of carbonyl (C=O) groups is 1. The fourth-order valence-electron chi connectivity index (χ4n) is 1.22. The Bertz CT molecular complexity index is 518. The summed E-state index contributed by atoms with van der Waals surface area (Å²) in [6, 6.07) is 2.17. The highest BCUT2D eigenvalue weighted by molar-refractivity contribution is 5.91. The van der Waals surface area contributed by atoms with Crippen LogP contribution >= 0.6 is 0 Å². The van der Waals surface area contributed by atoms with Crippen LogP contribution in [-0.4, -0.2) is 16.1 Å². The molecule has 0 saturated heterocycles. The van der Waals surface area contributed by atoms with E-state index < -0.39 is 11.8 Å². The van der Waals surface area contributed by atoms with Crippen LogP contribution in [0.2, 0.25) is 0 Å². The molecule has 72 valence electrons. The van der Waals surface area contributed by atoms with E-state index in [9.17, 15) is 9.18 Å². The monoisotopic (exact) mass is 195 g/mol. The zero-order chi connectivity index (χ0) is 10.3. The molecular formula is C9H6FNO3. The Labute approximate surface area is 78.0 Å². The minimum Gasteiger partial charge on any atom is -0.478 e. The average molecular weight is 195 g/mol. The average Bonchev–Trinajstić information content (AvgIpc) is 2.45. The quantitative estimate of drug-likeness (QED) is 0.755. The lowest BCUT2D eigenvalue weighted by molar-refractivity contribution is 0.0696. The molecule has 1 aromatic carbocycles. The number of fused-ring (bicyclic) bond motifs is 1. The van der Waals surface area contributed by atoms with Gasteiger partial charge in [-0.05, 0) is 12.1 Å². The summed E-state index contributed by atoms with van der Waals surface area (Å²) in [5.41, 5.74) is 0.0681. The lowest BCUT2D eigenvalue weighted by atomic mass is 10.2. The number of halogens is 1. The number of carboxylic acids is 1. The van der Waals surface area contributed by atoms with Crippen molar-refractivity contribution in [2.24, 2.45) is 0 Å². The second-order valence-corrected chi connectivity index (χ2v) is 2.84. The number of benzene rings is 1. The first kappa shape index (κ1) is 8.68. The first-order chi connectivity index (χ1) is 6.58. The predicted octanol–water partition coefficient (Wildman–Crippen LogP) is 1.97. The Morgan fingerprint density at radius 1 is 1.57 bits per heavy atom. The molecule has 0 atom stereocenters. The van der Waals surface area contributed by atoms with Gasteiger partial charge in [-0.3, -0.25) is 0 Å². The fourth-order valence-corrected chi connectivity index (χ4v) is 1.22. The van der Waals surface area contributed by atoms with Crippen LogP contribution in [0.1, 0.15) is 16.2 Å². The smallest absolute Gasteiger partial charge is 0.335 e. The molecule has 0 saturated carbocycles. The second-order valence-electron chi connectivity index (χ2n) is 2.84. The number of hydrogen-bond donors (Lipinski definition) is 1. The van der Waals surface area contributed by atoms with Gasteiger partial charge in [0.1, 0.15) is 5.52 Å². The number of rotatable bonds is 1. The molecule has 0 bridgehead atoms. The van der Waals surface area contributed by atoms with Gasteiger partial charge in [0.25, 0.3) is 0 Å². The van der Waals surface area contributed by atoms with Gasteiger partial charge in [-0.2, -0.15) is 0 Å². The fraction of sp³-hybridized carbons (Fsp3) is 0.111. The molecule has 2 aromatic rings. The minimum atomic E-state index is -1.19. The van der Waals surface area contributed by atoms with Crippen molar-refractivity contribution in [2.75, 3.05) is 0 Å². The van der Waals surface area contributed by atoms with Gasteiger partial charge in [0.05, 0.1) is 5.56 Å². The van der Waals surface area contributed by atoms with Gasteiger partial charge >= 0.3 is 5.97 Å². The number of aromatic carboxylic acids is 1. The number of aryl methyl sites for hydroxylation is 1.